The molecule has 1 aliphatic rings. The van der Waals surface area contributed by atoms with E-state index in [-0.39, 0.29) is 6.03 Å². The third-order valence-electron chi connectivity index (χ3n) is 5.95. The van der Waals surface area contributed by atoms with Crippen molar-refractivity contribution in [3.8, 4) is 5.75 Å². The van der Waals surface area contributed by atoms with Crippen LogP contribution in [0, 0.1) is 13.8 Å². The van der Waals surface area contributed by atoms with E-state index in [0.29, 0.717) is 34.3 Å². The number of fused-ring (bicyclic) bond motifs is 1. The number of benzene rings is 2. The second-order valence-electron chi connectivity index (χ2n) is 8.45. The van der Waals surface area contributed by atoms with E-state index < -0.39 is 0 Å². The van der Waals surface area contributed by atoms with Crippen LogP contribution >= 0.6 is 0 Å². The number of aryl methyl sites for hydroxylation is 2. The number of H-pyrrole nitrogens is 1. The van der Waals surface area contributed by atoms with E-state index in [4.69, 9.17) is 14.5 Å². The number of nitrogens with one attached hydrogen (secondary N) is 2. The highest BCUT2D eigenvalue weighted by molar-refractivity contribution is 6.16. The van der Waals surface area contributed by atoms with Gasteiger partial charge in [0.1, 0.15) is 17.2 Å². The van der Waals surface area contributed by atoms with Crippen molar-refractivity contribution in [3.05, 3.63) is 114 Å². The molecule has 3 heterocycles. The van der Waals surface area contributed by atoms with Gasteiger partial charge in [-0.05, 0) is 68.0 Å². The molecule has 1 amide bonds. The average molecular weight is 479 g/mol. The van der Waals surface area contributed by atoms with Crippen LogP contribution in [-0.4, -0.2) is 28.4 Å². The minimum absolute atomic E-state index is 0.299. The highest BCUT2D eigenvalue weighted by Crippen LogP contribution is 2.29. The topological polar surface area (TPSA) is 80.6 Å². The molecule has 4 aromatic rings. The maximum Gasteiger partial charge on any atom is 0.331 e. The molecule has 2 N–H and O–H groups in total. The zero-order chi connectivity index (χ0) is 25.2. The smallest absolute Gasteiger partial charge is 0.331 e. The molecule has 5 rings (SSSR count). The molecular weight excluding hydrogens is 452 g/mol. The van der Waals surface area contributed by atoms with E-state index in [0.717, 1.165) is 27.9 Å². The van der Waals surface area contributed by atoms with E-state index in [9.17, 15) is 4.79 Å². The largest absolute Gasteiger partial charge is 0.494 e. The average Bonchev–Trinajstić information content (AvgIpc) is 3.55. The zero-order valence-corrected chi connectivity index (χ0v) is 20.3. The molecule has 7 nitrogen and oxygen atoms in total. The number of amides is 1. The van der Waals surface area contributed by atoms with Crippen LogP contribution < -0.4 is 10.1 Å². The molecule has 1 aliphatic heterocycles. The number of ether oxygens (including phenoxy) is 2. The highest BCUT2D eigenvalue weighted by atomic mass is 16.5. The van der Waals surface area contributed by atoms with Crippen LogP contribution in [0.4, 0.5) is 10.5 Å². The number of allylic oxidation sites excluding steroid dienone is 1. The quantitative estimate of drug-likeness (QED) is 0.308. The maximum absolute atomic E-state index is 13.5. The number of methoxy groups -OCH3 is 1. The first-order valence-electron chi connectivity index (χ1n) is 11.5. The number of hydrogen-bond acceptors (Lipinski definition) is 4. The maximum atomic E-state index is 13.5. The summed E-state index contributed by atoms with van der Waals surface area (Å²) in [6.45, 7) is 7.62. The Morgan fingerprint density at radius 3 is 2.58 bits per heavy atom. The molecule has 0 saturated carbocycles. The fourth-order valence-corrected chi connectivity index (χ4v) is 4.30. The number of rotatable bonds is 6. The van der Waals surface area contributed by atoms with E-state index in [1.54, 1.807) is 35.9 Å². The summed E-state index contributed by atoms with van der Waals surface area (Å²) in [6, 6.07) is 18.6. The van der Waals surface area contributed by atoms with Crippen molar-refractivity contribution in [3.63, 3.8) is 0 Å². The van der Waals surface area contributed by atoms with Crippen molar-refractivity contribution in [2.24, 2.45) is 4.99 Å². The summed E-state index contributed by atoms with van der Waals surface area (Å²) < 4.78 is 12.5. The van der Waals surface area contributed by atoms with Crippen molar-refractivity contribution in [1.82, 2.24) is 9.55 Å². The number of aliphatic imine (C=N–C) groups is 1. The van der Waals surface area contributed by atoms with Gasteiger partial charge in [-0.15, -0.1) is 0 Å². The second kappa shape index (κ2) is 9.46. The van der Waals surface area contributed by atoms with Gasteiger partial charge in [-0.3, -0.25) is 4.57 Å². The summed E-state index contributed by atoms with van der Waals surface area (Å²) in [5.74, 6) is 1.27. The summed E-state index contributed by atoms with van der Waals surface area (Å²) in [7, 11) is 1.62. The van der Waals surface area contributed by atoms with Gasteiger partial charge in [0.2, 0.25) is 0 Å². The minimum atomic E-state index is -0.299. The first-order chi connectivity index (χ1) is 17.5. The van der Waals surface area contributed by atoms with Crippen molar-refractivity contribution in [1.29, 1.82) is 0 Å². The molecule has 36 heavy (non-hydrogen) atoms. The Hall–Kier alpha value is -4.78. The molecule has 2 aromatic carbocycles. The fourth-order valence-electron chi connectivity index (χ4n) is 4.30. The first kappa shape index (κ1) is 23.0. The number of anilines is 1. The van der Waals surface area contributed by atoms with Crippen molar-refractivity contribution in [2.75, 3.05) is 12.4 Å². The highest BCUT2D eigenvalue weighted by Gasteiger charge is 2.23. The number of nitrogens with zero attached hydrogens (tertiary/aromatic N) is 2. The molecule has 0 bridgehead atoms. The fraction of sp³-hybridized carbons (Fsp3) is 0.103. The van der Waals surface area contributed by atoms with Gasteiger partial charge in [-0.2, -0.15) is 0 Å². The third kappa shape index (κ3) is 4.34. The lowest BCUT2D eigenvalue weighted by molar-refractivity contribution is 0.254. The molecule has 0 fully saturated rings. The van der Waals surface area contributed by atoms with Crippen LogP contribution in [0.15, 0.2) is 96.0 Å². The molecule has 180 valence electrons. The molecule has 2 aromatic heterocycles. The van der Waals surface area contributed by atoms with Gasteiger partial charge in [0.25, 0.3) is 0 Å². The third-order valence-corrected chi connectivity index (χ3v) is 5.95. The summed E-state index contributed by atoms with van der Waals surface area (Å²) >= 11 is 0. The van der Waals surface area contributed by atoms with Crippen molar-refractivity contribution >= 4 is 34.4 Å². The number of carbonyl (C=O) groups excluding carboxylic acids is 1. The van der Waals surface area contributed by atoms with Crippen molar-refractivity contribution in [2.45, 2.75) is 13.8 Å². The summed E-state index contributed by atoms with van der Waals surface area (Å²) in [6.07, 6.45) is 5.18. The molecule has 0 unspecified atom stereocenters. The van der Waals surface area contributed by atoms with Gasteiger partial charge >= 0.3 is 6.03 Å². The first-order valence-corrected chi connectivity index (χ1v) is 11.5. The number of para-hydroxylation sites is 1. The standard InChI is InChI=1S/C29H26N4O3/c1-5-36-22-12-10-21(11-13-22)31-29(34)33-26-9-7-6-8-20(26)15-27(33)24-17-28(35-4)25(32-24)16-23-18(2)14-19(3)30-23/h5-17,30H,1H2,2-4H3,(H,31,34)/b25-16-. The Morgan fingerprint density at radius 2 is 1.89 bits per heavy atom. The Labute approximate surface area is 209 Å². The number of carbonyl (C=O) groups is 1. The normalized spacial score (nSPS) is 14.0. The summed E-state index contributed by atoms with van der Waals surface area (Å²) in [5.41, 5.74) is 6.57. The number of aromatic amines is 1. The molecule has 0 radical (unpaired) electrons. The van der Waals surface area contributed by atoms with E-state index in [1.165, 1.54) is 6.26 Å². The Balaban J connectivity index is 1.55. The predicted molar refractivity (Wildman–Crippen MR) is 143 cm³/mol. The van der Waals surface area contributed by atoms with E-state index in [1.807, 2.05) is 56.3 Å². The van der Waals surface area contributed by atoms with Gasteiger partial charge in [0, 0.05) is 28.5 Å². The molecular formula is C29H26N4O3. The molecule has 7 heteroatoms. The monoisotopic (exact) mass is 478 g/mol. The van der Waals surface area contributed by atoms with Crippen molar-refractivity contribution < 1.29 is 14.3 Å². The SMILES string of the molecule is C=COc1ccc(NC(=O)n2c(C3=N/C(=C\c4[nH]c(C)cc4C)C(OC)=C3)cc3ccccc32)cc1. The lowest BCUT2D eigenvalue weighted by atomic mass is 10.2. The van der Waals surface area contributed by atoms with Crippen LogP contribution in [0.1, 0.15) is 22.6 Å². The Kier molecular flexibility index (Phi) is 6.04. The van der Waals surface area contributed by atoms with E-state index in [2.05, 4.69) is 22.9 Å². The summed E-state index contributed by atoms with van der Waals surface area (Å²) in [4.78, 5) is 21.7. The zero-order valence-electron chi connectivity index (χ0n) is 20.3. The molecule has 0 atom stereocenters. The minimum Gasteiger partial charge on any atom is -0.494 e. The van der Waals surface area contributed by atoms with Crippen LogP contribution in [0.2, 0.25) is 0 Å². The Morgan fingerprint density at radius 1 is 1.11 bits per heavy atom. The predicted octanol–water partition coefficient (Wildman–Crippen LogP) is 6.56. The lowest BCUT2D eigenvalue weighted by Crippen LogP contribution is -2.22. The number of aromatic nitrogens is 2. The van der Waals surface area contributed by atoms with Crippen LogP contribution in [0.3, 0.4) is 0 Å². The second-order valence-corrected chi connectivity index (χ2v) is 8.45. The van der Waals surface area contributed by atoms with Gasteiger partial charge in [-0.1, -0.05) is 24.8 Å². The van der Waals surface area contributed by atoms with Gasteiger partial charge < -0.3 is 19.8 Å². The molecule has 0 saturated heterocycles. The van der Waals surface area contributed by atoms with Gasteiger partial charge in [-0.25, -0.2) is 9.79 Å². The number of hydrogen-bond donors (Lipinski definition) is 2. The Bertz CT molecular complexity index is 1570. The molecule has 0 spiro atoms. The lowest BCUT2D eigenvalue weighted by Gasteiger charge is -2.11. The van der Waals surface area contributed by atoms with Gasteiger partial charge in [0.15, 0.2) is 0 Å². The van der Waals surface area contributed by atoms with Gasteiger partial charge in [0.05, 0.1) is 30.3 Å². The van der Waals surface area contributed by atoms with Crippen LogP contribution in [-0.2, 0) is 4.74 Å². The van der Waals surface area contributed by atoms with Crippen LogP contribution in [0.5, 0.6) is 5.75 Å². The van der Waals surface area contributed by atoms with E-state index >= 15 is 0 Å². The van der Waals surface area contributed by atoms with Crippen LogP contribution in [0.25, 0.3) is 17.0 Å². The summed E-state index contributed by atoms with van der Waals surface area (Å²) in [5, 5.41) is 3.90. The molecule has 0 aliphatic carbocycles.